The standard InChI is InChI=1S/C15H18Cl2N2O2/c1-2-14(20)18-11-5-7-19(8-6-11)15(21)12-9-10(16)3-4-13(12)17/h3-4,9,11H,2,5-8H2,1H3,(H,18,20). The molecule has 6 heteroatoms. The van der Waals surface area contributed by atoms with E-state index >= 15 is 0 Å². The molecule has 4 nitrogen and oxygen atoms in total. The summed E-state index contributed by atoms with van der Waals surface area (Å²) in [5, 5.41) is 3.87. The topological polar surface area (TPSA) is 49.4 Å². The van der Waals surface area contributed by atoms with Crippen molar-refractivity contribution in [1.82, 2.24) is 10.2 Å². The van der Waals surface area contributed by atoms with Crippen LogP contribution in [0.2, 0.25) is 10.0 Å². The summed E-state index contributed by atoms with van der Waals surface area (Å²) in [6, 6.07) is 5.03. The maximum atomic E-state index is 12.5. The molecule has 1 heterocycles. The molecule has 0 bridgehead atoms. The van der Waals surface area contributed by atoms with Gasteiger partial charge in [0.2, 0.25) is 5.91 Å². The van der Waals surface area contributed by atoms with E-state index in [0.29, 0.717) is 35.1 Å². The number of nitrogens with zero attached hydrogens (tertiary/aromatic N) is 1. The molecule has 1 N–H and O–H groups in total. The average Bonchev–Trinajstić information content (AvgIpc) is 2.49. The largest absolute Gasteiger partial charge is 0.353 e. The quantitative estimate of drug-likeness (QED) is 0.926. The Morgan fingerprint density at radius 2 is 1.95 bits per heavy atom. The van der Waals surface area contributed by atoms with Gasteiger partial charge in [0.15, 0.2) is 0 Å². The third kappa shape index (κ3) is 4.11. The summed E-state index contributed by atoms with van der Waals surface area (Å²) in [7, 11) is 0. The van der Waals surface area contributed by atoms with E-state index in [0.717, 1.165) is 12.8 Å². The highest BCUT2D eigenvalue weighted by molar-refractivity contribution is 6.35. The average molecular weight is 329 g/mol. The van der Waals surface area contributed by atoms with Gasteiger partial charge in [-0.1, -0.05) is 30.1 Å². The minimum absolute atomic E-state index is 0.0534. The van der Waals surface area contributed by atoms with Gasteiger partial charge in [-0.05, 0) is 31.0 Å². The molecular formula is C15H18Cl2N2O2. The van der Waals surface area contributed by atoms with Crippen LogP contribution in [0.3, 0.4) is 0 Å². The Bertz CT molecular complexity index is 540. The number of rotatable bonds is 3. The zero-order valence-electron chi connectivity index (χ0n) is 11.9. The van der Waals surface area contributed by atoms with Crippen LogP contribution in [0.1, 0.15) is 36.5 Å². The van der Waals surface area contributed by atoms with Crippen molar-refractivity contribution in [2.45, 2.75) is 32.2 Å². The van der Waals surface area contributed by atoms with Crippen LogP contribution in [0, 0.1) is 0 Å². The fourth-order valence-corrected chi connectivity index (χ4v) is 2.76. The van der Waals surface area contributed by atoms with Crippen molar-refractivity contribution in [2.24, 2.45) is 0 Å². The second-order valence-electron chi connectivity index (χ2n) is 5.11. The summed E-state index contributed by atoms with van der Waals surface area (Å²) in [5.74, 6) is -0.0552. The van der Waals surface area contributed by atoms with E-state index in [4.69, 9.17) is 23.2 Å². The molecule has 0 atom stereocenters. The lowest BCUT2D eigenvalue weighted by atomic mass is 10.0. The van der Waals surface area contributed by atoms with Gasteiger partial charge in [0.1, 0.15) is 0 Å². The Labute approximate surface area is 134 Å². The zero-order valence-corrected chi connectivity index (χ0v) is 13.4. The fourth-order valence-electron chi connectivity index (χ4n) is 2.39. The van der Waals surface area contributed by atoms with Gasteiger partial charge in [0.05, 0.1) is 10.6 Å². The number of carbonyl (C=O) groups excluding carboxylic acids is 2. The fraction of sp³-hybridized carbons (Fsp3) is 0.467. The molecule has 2 amide bonds. The van der Waals surface area contributed by atoms with Gasteiger partial charge in [-0.25, -0.2) is 0 Å². The van der Waals surface area contributed by atoms with Gasteiger partial charge in [0.25, 0.3) is 5.91 Å². The molecule has 1 aromatic carbocycles. The third-order valence-corrected chi connectivity index (χ3v) is 4.19. The molecule has 114 valence electrons. The number of piperidine rings is 1. The maximum absolute atomic E-state index is 12.5. The highest BCUT2D eigenvalue weighted by atomic mass is 35.5. The Morgan fingerprint density at radius 3 is 2.57 bits per heavy atom. The van der Waals surface area contributed by atoms with Crippen LogP contribution in [-0.4, -0.2) is 35.8 Å². The van der Waals surface area contributed by atoms with Gasteiger partial charge in [0, 0.05) is 30.6 Å². The van der Waals surface area contributed by atoms with Crippen molar-refractivity contribution < 1.29 is 9.59 Å². The van der Waals surface area contributed by atoms with Crippen LogP contribution in [0.15, 0.2) is 18.2 Å². The molecule has 0 aromatic heterocycles. The molecule has 1 aliphatic heterocycles. The first-order valence-corrected chi connectivity index (χ1v) is 7.80. The Kier molecular flexibility index (Phi) is 5.48. The SMILES string of the molecule is CCC(=O)NC1CCN(C(=O)c2cc(Cl)ccc2Cl)CC1. The Morgan fingerprint density at radius 1 is 1.29 bits per heavy atom. The normalized spacial score (nSPS) is 15.9. The van der Waals surface area contributed by atoms with Gasteiger partial charge in [-0.2, -0.15) is 0 Å². The molecule has 1 saturated heterocycles. The Balaban J connectivity index is 1.97. The van der Waals surface area contributed by atoms with Crippen molar-refractivity contribution >= 4 is 35.0 Å². The van der Waals surface area contributed by atoms with Crippen LogP contribution in [0.4, 0.5) is 0 Å². The number of benzene rings is 1. The first-order chi connectivity index (χ1) is 10.0. The van der Waals surface area contributed by atoms with Crippen molar-refractivity contribution in [3.05, 3.63) is 33.8 Å². The molecule has 0 spiro atoms. The second-order valence-corrected chi connectivity index (χ2v) is 5.96. The number of carbonyl (C=O) groups is 2. The molecule has 0 saturated carbocycles. The first-order valence-electron chi connectivity index (χ1n) is 7.05. The minimum atomic E-state index is -0.109. The van der Waals surface area contributed by atoms with E-state index in [2.05, 4.69) is 5.32 Å². The van der Waals surface area contributed by atoms with Gasteiger partial charge >= 0.3 is 0 Å². The lowest BCUT2D eigenvalue weighted by molar-refractivity contribution is -0.121. The lowest BCUT2D eigenvalue weighted by Gasteiger charge is -2.32. The van der Waals surface area contributed by atoms with Crippen LogP contribution < -0.4 is 5.32 Å². The number of likely N-dealkylation sites (tertiary alicyclic amines) is 1. The number of hydrogen-bond acceptors (Lipinski definition) is 2. The zero-order chi connectivity index (χ0) is 15.4. The molecule has 1 fully saturated rings. The smallest absolute Gasteiger partial charge is 0.255 e. The van der Waals surface area contributed by atoms with Crippen molar-refractivity contribution in [3.63, 3.8) is 0 Å². The van der Waals surface area contributed by atoms with E-state index < -0.39 is 0 Å². The predicted molar refractivity (Wildman–Crippen MR) is 83.8 cm³/mol. The van der Waals surface area contributed by atoms with E-state index in [1.54, 1.807) is 23.1 Å². The van der Waals surface area contributed by atoms with E-state index in [1.807, 2.05) is 6.92 Å². The third-order valence-electron chi connectivity index (χ3n) is 3.63. The molecule has 1 aliphatic rings. The second kappa shape index (κ2) is 7.14. The number of hydrogen-bond donors (Lipinski definition) is 1. The maximum Gasteiger partial charge on any atom is 0.255 e. The van der Waals surface area contributed by atoms with Gasteiger partial charge in [-0.15, -0.1) is 0 Å². The van der Waals surface area contributed by atoms with E-state index in [1.165, 1.54) is 0 Å². The molecule has 21 heavy (non-hydrogen) atoms. The predicted octanol–water partition coefficient (Wildman–Crippen LogP) is 3.12. The molecule has 0 unspecified atom stereocenters. The summed E-state index contributed by atoms with van der Waals surface area (Å²) >= 11 is 12.0. The number of halogens is 2. The monoisotopic (exact) mass is 328 g/mol. The molecule has 0 aliphatic carbocycles. The number of nitrogens with one attached hydrogen (secondary N) is 1. The molecular weight excluding hydrogens is 311 g/mol. The number of amides is 2. The molecule has 2 rings (SSSR count). The van der Waals surface area contributed by atoms with E-state index in [-0.39, 0.29) is 17.9 Å². The summed E-state index contributed by atoms with van der Waals surface area (Å²) in [5.41, 5.74) is 0.431. The van der Waals surface area contributed by atoms with Crippen molar-refractivity contribution in [3.8, 4) is 0 Å². The minimum Gasteiger partial charge on any atom is -0.353 e. The molecule has 1 aromatic rings. The highest BCUT2D eigenvalue weighted by Crippen LogP contribution is 2.23. The van der Waals surface area contributed by atoms with Crippen molar-refractivity contribution in [2.75, 3.05) is 13.1 Å². The Hall–Kier alpha value is -1.26. The summed E-state index contributed by atoms with van der Waals surface area (Å²) < 4.78 is 0. The van der Waals surface area contributed by atoms with Crippen LogP contribution in [0.25, 0.3) is 0 Å². The first kappa shape index (κ1) is 16.1. The van der Waals surface area contributed by atoms with Crippen LogP contribution in [0.5, 0.6) is 0 Å². The van der Waals surface area contributed by atoms with Crippen LogP contribution >= 0.6 is 23.2 Å². The summed E-state index contributed by atoms with van der Waals surface area (Å²) in [6.07, 6.45) is 2.00. The van der Waals surface area contributed by atoms with Crippen LogP contribution in [-0.2, 0) is 4.79 Å². The lowest BCUT2D eigenvalue weighted by Crippen LogP contribution is -2.46. The summed E-state index contributed by atoms with van der Waals surface area (Å²) in [4.78, 5) is 25.6. The molecule has 0 radical (unpaired) electrons. The van der Waals surface area contributed by atoms with Gasteiger partial charge < -0.3 is 10.2 Å². The van der Waals surface area contributed by atoms with Gasteiger partial charge in [-0.3, -0.25) is 9.59 Å². The van der Waals surface area contributed by atoms with E-state index in [9.17, 15) is 9.59 Å². The van der Waals surface area contributed by atoms with Crippen molar-refractivity contribution in [1.29, 1.82) is 0 Å². The highest BCUT2D eigenvalue weighted by Gasteiger charge is 2.25. The summed E-state index contributed by atoms with van der Waals surface area (Å²) in [6.45, 7) is 3.04.